The minimum Gasteiger partial charge on any atom is -0.478 e. The number of aryl methyl sites for hydroxylation is 1. The molecule has 0 aromatic heterocycles. The zero-order valence-corrected chi connectivity index (χ0v) is 17.1. The number of fused-ring (bicyclic) bond motifs is 1. The van der Waals surface area contributed by atoms with Gasteiger partial charge in [-0.3, -0.25) is 0 Å². The Balaban J connectivity index is 2.02. The molecule has 3 heteroatoms. The predicted molar refractivity (Wildman–Crippen MR) is 113 cm³/mol. The smallest absolute Gasteiger partial charge is 0.335 e. The lowest BCUT2D eigenvalue weighted by Gasteiger charge is -2.37. The Labute approximate surface area is 162 Å². The number of aromatic carboxylic acids is 1. The van der Waals surface area contributed by atoms with Crippen LogP contribution in [-0.4, -0.2) is 11.1 Å². The quantitative estimate of drug-likeness (QED) is 0.650. The number of carboxylic acid groups (broad SMARTS) is 1. The standard InChI is InChI=1S/C24H29NO2/c1-15-13-18-19(23(2,3)4)11-12-24(5,6)20(18)14-21(15)25-17-9-7-16(8-10-17)22(26)27/h7-11,13-14,25H,12H2,1-6H3,(H,26,27). The number of allylic oxidation sites excluding steroid dienone is 2. The maximum absolute atomic E-state index is 11.0. The van der Waals surface area contributed by atoms with Crippen molar-refractivity contribution in [1.29, 1.82) is 0 Å². The lowest BCUT2D eigenvalue weighted by Crippen LogP contribution is -2.25. The average molecular weight is 364 g/mol. The van der Waals surface area contributed by atoms with E-state index in [9.17, 15) is 4.79 Å². The summed E-state index contributed by atoms with van der Waals surface area (Å²) in [6.45, 7) is 13.5. The van der Waals surface area contributed by atoms with Gasteiger partial charge in [-0.05, 0) is 82.8 Å². The van der Waals surface area contributed by atoms with Crippen LogP contribution in [0, 0.1) is 12.3 Å². The minimum atomic E-state index is -0.908. The molecule has 2 aromatic rings. The van der Waals surface area contributed by atoms with Gasteiger partial charge in [0.1, 0.15) is 0 Å². The molecule has 1 aliphatic carbocycles. The summed E-state index contributed by atoms with van der Waals surface area (Å²) in [5.74, 6) is -0.908. The van der Waals surface area contributed by atoms with Gasteiger partial charge in [0.15, 0.2) is 0 Å². The highest BCUT2D eigenvalue weighted by Crippen LogP contribution is 2.47. The highest BCUT2D eigenvalue weighted by atomic mass is 16.4. The molecule has 0 aliphatic heterocycles. The highest BCUT2D eigenvalue weighted by Gasteiger charge is 2.32. The average Bonchev–Trinajstić information content (AvgIpc) is 2.55. The molecule has 2 aromatic carbocycles. The second-order valence-electron chi connectivity index (χ2n) is 9.18. The van der Waals surface area contributed by atoms with Crippen LogP contribution in [0.3, 0.4) is 0 Å². The van der Waals surface area contributed by atoms with Gasteiger partial charge < -0.3 is 10.4 Å². The van der Waals surface area contributed by atoms with Crippen molar-refractivity contribution in [3.8, 4) is 0 Å². The summed E-state index contributed by atoms with van der Waals surface area (Å²) in [6.07, 6.45) is 3.43. The fourth-order valence-electron chi connectivity index (χ4n) is 3.76. The molecule has 3 rings (SSSR count). The van der Waals surface area contributed by atoms with Crippen molar-refractivity contribution >= 4 is 22.9 Å². The van der Waals surface area contributed by atoms with Crippen LogP contribution in [0.4, 0.5) is 11.4 Å². The molecule has 0 spiro atoms. The molecule has 0 saturated carbocycles. The van der Waals surface area contributed by atoms with Gasteiger partial charge in [-0.25, -0.2) is 4.79 Å². The van der Waals surface area contributed by atoms with E-state index < -0.39 is 5.97 Å². The first-order valence-electron chi connectivity index (χ1n) is 9.45. The second-order valence-corrected chi connectivity index (χ2v) is 9.18. The predicted octanol–water partition coefficient (Wildman–Crippen LogP) is 6.55. The number of carbonyl (C=O) groups is 1. The van der Waals surface area contributed by atoms with Crippen molar-refractivity contribution in [2.75, 3.05) is 5.32 Å². The molecule has 1 aliphatic rings. The van der Waals surface area contributed by atoms with Crippen molar-refractivity contribution in [3.05, 3.63) is 64.7 Å². The Morgan fingerprint density at radius 3 is 2.30 bits per heavy atom. The summed E-state index contributed by atoms with van der Waals surface area (Å²) in [5.41, 5.74) is 7.77. The molecule has 2 N–H and O–H groups in total. The number of rotatable bonds is 3. The Hall–Kier alpha value is -2.55. The summed E-state index contributed by atoms with van der Waals surface area (Å²) >= 11 is 0. The fourth-order valence-corrected chi connectivity index (χ4v) is 3.76. The SMILES string of the molecule is Cc1cc2c(cc1Nc1ccc(C(=O)O)cc1)C(C)(C)CC=C2C(C)(C)C. The molecular weight excluding hydrogens is 334 g/mol. The second kappa shape index (κ2) is 6.56. The monoisotopic (exact) mass is 363 g/mol. The van der Waals surface area contributed by atoms with Crippen LogP contribution >= 0.6 is 0 Å². The minimum absolute atomic E-state index is 0.0847. The number of hydrogen-bond donors (Lipinski definition) is 2. The Morgan fingerprint density at radius 1 is 1.11 bits per heavy atom. The zero-order chi connectivity index (χ0) is 20.0. The molecule has 0 saturated heterocycles. The third-order valence-corrected chi connectivity index (χ3v) is 5.42. The first-order valence-corrected chi connectivity index (χ1v) is 9.45. The molecule has 3 nitrogen and oxygen atoms in total. The summed E-state index contributed by atoms with van der Waals surface area (Å²) in [4.78, 5) is 11.0. The Bertz CT molecular complexity index is 913. The third-order valence-electron chi connectivity index (χ3n) is 5.42. The van der Waals surface area contributed by atoms with Gasteiger partial charge in [0.25, 0.3) is 0 Å². The number of benzene rings is 2. The molecule has 0 fully saturated rings. The van der Waals surface area contributed by atoms with E-state index in [4.69, 9.17) is 5.11 Å². The van der Waals surface area contributed by atoms with Crippen LogP contribution in [0.2, 0.25) is 0 Å². The molecule has 27 heavy (non-hydrogen) atoms. The van der Waals surface area contributed by atoms with Gasteiger partial charge in [0.05, 0.1) is 5.56 Å². The summed E-state index contributed by atoms with van der Waals surface area (Å²) < 4.78 is 0. The largest absolute Gasteiger partial charge is 0.478 e. The molecule has 0 unspecified atom stereocenters. The number of nitrogens with one attached hydrogen (secondary N) is 1. The van der Waals surface area contributed by atoms with E-state index >= 15 is 0 Å². The van der Waals surface area contributed by atoms with Crippen LogP contribution in [0.25, 0.3) is 5.57 Å². The normalized spacial score (nSPS) is 15.7. The van der Waals surface area contributed by atoms with E-state index in [0.717, 1.165) is 17.8 Å². The van der Waals surface area contributed by atoms with E-state index in [1.807, 2.05) is 12.1 Å². The molecule has 0 atom stereocenters. The molecule has 0 amide bonds. The van der Waals surface area contributed by atoms with Gasteiger partial charge in [-0.1, -0.05) is 40.7 Å². The van der Waals surface area contributed by atoms with Crippen LogP contribution in [0.1, 0.15) is 68.1 Å². The summed E-state index contributed by atoms with van der Waals surface area (Å²) in [5, 5.41) is 12.5. The topological polar surface area (TPSA) is 49.3 Å². The van der Waals surface area contributed by atoms with E-state index in [1.165, 1.54) is 22.3 Å². The third kappa shape index (κ3) is 3.78. The van der Waals surface area contributed by atoms with E-state index in [2.05, 4.69) is 65.1 Å². The van der Waals surface area contributed by atoms with Gasteiger partial charge in [0, 0.05) is 11.4 Å². The zero-order valence-electron chi connectivity index (χ0n) is 17.1. The first-order chi connectivity index (χ1) is 12.5. The van der Waals surface area contributed by atoms with Crippen molar-refractivity contribution < 1.29 is 9.90 Å². The van der Waals surface area contributed by atoms with E-state index in [0.29, 0.717) is 5.56 Å². The van der Waals surface area contributed by atoms with Crippen LogP contribution in [-0.2, 0) is 5.41 Å². The van der Waals surface area contributed by atoms with Crippen LogP contribution in [0.15, 0.2) is 42.5 Å². The van der Waals surface area contributed by atoms with Gasteiger partial charge in [-0.15, -0.1) is 0 Å². The molecule has 0 bridgehead atoms. The first kappa shape index (κ1) is 19.2. The van der Waals surface area contributed by atoms with Gasteiger partial charge >= 0.3 is 5.97 Å². The van der Waals surface area contributed by atoms with Gasteiger partial charge in [-0.2, -0.15) is 0 Å². The van der Waals surface area contributed by atoms with Crippen LogP contribution in [0.5, 0.6) is 0 Å². The number of anilines is 2. The lowest BCUT2D eigenvalue weighted by molar-refractivity contribution is 0.0697. The Kier molecular flexibility index (Phi) is 4.67. The molecular formula is C24H29NO2. The molecule has 142 valence electrons. The number of hydrogen-bond acceptors (Lipinski definition) is 2. The fraction of sp³-hybridized carbons (Fsp3) is 0.375. The molecule has 0 radical (unpaired) electrons. The number of carboxylic acids is 1. The van der Waals surface area contributed by atoms with Crippen molar-refractivity contribution in [2.24, 2.45) is 5.41 Å². The molecule has 0 heterocycles. The Morgan fingerprint density at radius 2 is 1.74 bits per heavy atom. The van der Waals surface area contributed by atoms with E-state index in [-0.39, 0.29) is 10.8 Å². The van der Waals surface area contributed by atoms with Crippen molar-refractivity contribution in [2.45, 2.75) is 53.4 Å². The maximum atomic E-state index is 11.0. The van der Waals surface area contributed by atoms with E-state index in [1.54, 1.807) is 12.1 Å². The van der Waals surface area contributed by atoms with Crippen molar-refractivity contribution in [1.82, 2.24) is 0 Å². The highest BCUT2D eigenvalue weighted by molar-refractivity contribution is 5.88. The van der Waals surface area contributed by atoms with Crippen LogP contribution < -0.4 is 5.32 Å². The maximum Gasteiger partial charge on any atom is 0.335 e. The lowest BCUT2D eigenvalue weighted by atomic mass is 9.68. The summed E-state index contributed by atoms with van der Waals surface area (Å²) in [7, 11) is 0. The van der Waals surface area contributed by atoms with Crippen molar-refractivity contribution in [3.63, 3.8) is 0 Å². The summed E-state index contributed by atoms with van der Waals surface area (Å²) in [6, 6.07) is 11.4. The van der Waals surface area contributed by atoms with Gasteiger partial charge in [0.2, 0.25) is 0 Å².